The molecule has 9 rings (SSSR count). The van der Waals surface area contributed by atoms with Crippen LogP contribution in [0.2, 0.25) is 0 Å². The number of carbonyl (C=O) groups excluding carboxylic acids is 4. The van der Waals surface area contributed by atoms with Gasteiger partial charge in [-0.1, -0.05) is 176 Å². The molecule has 15 heteroatoms. The van der Waals surface area contributed by atoms with Gasteiger partial charge in [-0.25, -0.2) is 14.4 Å². The largest absolute Gasteiger partial charge is 0.463 e. The lowest BCUT2D eigenvalue weighted by Gasteiger charge is -2.47. The zero-order chi connectivity index (χ0) is 53.2. The predicted octanol–water partition coefficient (Wildman–Crippen LogP) is 10.2. The Morgan fingerprint density at radius 3 is 1.22 bits per heavy atom. The molecule has 2 aliphatic heterocycles. The lowest BCUT2D eigenvalue weighted by Crippen LogP contribution is -2.64. The highest BCUT2D eigenvalue weighted by Crippen LogP contribution is 2.40. The Kier molecular flexibility index (Phi) is 19.4. The number of thioether (sulfide) groups is 1. The number of hydrogen-bond donors (Lipinski definition) is 0. The van der Waals surface area contributed by atoms with Gasteiger partial charge in [0.1, 0.15) is 42.6 Å². The van der Waals surface area contributed by atoms with Crippen LogP contribution in [0.25, 0.3) is 0 Å². The molecule has 0 spiro atoms. The molecule has 0 aliphatic carbocycles. The highest BCUT2D eigenvalue weighted by Gasteiger charge is 2.55. The second-order valence-electron chi connectivity index (χ2n) is 18.1. The molecule has 0 N–H and O–H groups in total. The molecule has 14 nitrogen and oxygen atoms in total. The van der Waals surface area contributed by atoms with E-state index in [9.17, 15) is 19.2 Å². The minimum Gasteiger partial charge on any atom is -0.463 e. The summed E-state index contributed by atoms with van der Waals surface area (Å²) in [6.07, 6.45) is -10.8. The molecule has 0 aromatic heterocycles. The molecule has 2 aliphatic rings. The molecule has 10 atom stereocenters. The van der Waals surface area contributed by atoms with Gasteiger partial charge in [0.25, 0.3) is 0 Å². The average Bonchev–Trinajstić information content (AvgIpc) is 3.50. The molecule has 0 radical (unpaired) electrons. The highest BCUT2D eigenvalue weighted by atomic mass is 32.2. The fourth-order valence-corrected chi connectivity index (χ4v) is 9.97. The first-order valence-corrected chi connectivity index (χ1v) is 26.2. The van der Waals surface area contributed by atoms with E-state index < -0.39 is 91.0 Å². The maximum Gasteiger partial charge on any atom is 0.338 e. The maximum absolute atomic E-state index is 14.4. The molecule has 0 bridgehead atoms. The summed E-state index contributed by atoms with van der Waals surface area (Å²) in [7, 11) is 0. The van der Waals surface area contributed by atoms with Crippen molar-refractivity contribution in [2.24, 2.45) is 0 Å². The standard InChI is InChI=1S/C62H58O14S/c1-42(63)67-40-50-52(68-37-43-23-9-2-10-24-43)54(69-38-44-25-11-3-12-26-44)56(70-39-45-27-13-4-14-28-45)61(72-50)71-41-51-53(74-58(64)46-29-15-5-16-30-46)55(75-59(65)47-31-17-6-18-32-47)57(76-60(66)48-33-19-7-20-34-48)62(73-51)77-49-35-21-8-22-36-49/h2-36,50-57,61-62H,37-41H2,1H3/t50-,51-,52-,53-,54+,55+,56-,57-,61+,62+/m1/s1. The first-order valence-electron chi connectivity index (χ1n) is 25.3. The van der Waals surface area contributed by atoms with Crippen molar-refractivity contribution in [2.75, 3.05) is 13.2 Å². The van der Waals surface area contributed by atoms with Crippen molar-refractivity contribution in [1.29, 1.82) is 0 Å². The molecule has 0 unspecified atom stereocenters. The van der Waals surface area contributed by atoms with Gasteiger partial charge in [-0.15, -0.1) is 0 Å². The van der Waals surface area contributed by atoms with Crippen molar-refractivity contribution in [3.8, 4) is 0 Å². The summed E-state index contributed by atoms with van der Waals surface area (Å²) in [6.45, 7) is 1.04. The van der Waals surface area contributed by atoms with E-state index in [0.717, 1.165) is 21.6 Å². The lowest BCUT2D eigenvalue weighted by molar-refractivity contribution is -0.333. The van der Waals surface area contributed by atoms with E-state index in [1.807, 2.05) is 121 Å². The Morgan fingerprint density at radius 1 is 0.390 bits per heavy atom. The van der Waals surface area contributed by atoms with Crippen molar-refractivity contribution < 1.29 is 66.5 Å². The summed E-state index contributed by atoms with van der Waals surface area (Å²) >= 11 is 1.22. The summed E-state index contributed by atoms with van der Waals surface area (Å²) in [4.78, 5) is 56.2. The molecule has 0 saturated carbocycles. The van der Waals surface area contributed by atoms with Crippen LogP contribution in [0.5, 0.6) is 0 Å². The summed E-state index contributed by atoms with van der Waals surface area (Å²) in [5.74, 6) is -2.84. The van der Waals surface area contributed by atoms with E-state index in [1.54, 1.807) is 91.0 Å². The Morgan fingerprint density at radius 2 is 0.766 bits per heavy atom. The fourth-order valence-electron chi connectivity index (χ4n) is 8.84. The molecule has 7 aromatic carbocycles. The van der Waals surface area contributed by atoms with Gasteiger partial charge in [0.15, 0.2) is 24.6 Å². The second-order valence-corrected chi connectivity index (χ2v) is 19.3. The third kappa shape index (κ3) is 15.1. The minimum atomic E-state index is -1.50. The molecule has 2 heterocycles. The zero-order valence-electron chi connectivity index (χ0n) is 42.1. The summed E-state index contributed by atoms with van der Waals surface area (Å²) in [6, 6.07) is 63.1. The van der Waals surface area contributed by atoms with Gasteiger partial charge in [0.2, 0.25) is 0 Å². The molecule has 396 valence electrons. The predicted molar refractivity (Wildman–Crippen MR) is 284 cm³/mol. The molecule has 7 aromatic rings. The van der Waals surface area contributed by atoms with Crippen LogP contribution in [0, 0.1) is 0 Å². The number of esters is 4. The first-order chi connectivity index (χ1) is 37.8. The van der Waals surface area contributed by atoms with Gasteiger partial charge in [-0.3, -0.25) is 4.79 Å². The van der Waals surface area contributed by atoms with Crippen molar-refractivity contribution in [3.63, 3.8) is 0 Å². The normalized spacial score (nSPS) is 23.0. The van der Waals surface area contributed by atoms with Crippen LogP contribution in [0.3, 0.4) is 0 Å². The van der Waals surface area contributed by atoms with Crippen LogP contribution < -0.4 is 0 Å². The van der Waals surface area contributed by atoms with Crippen LogP contribution in [0.15, 0.2) is 217 Å². The van der Waals surface area contributed by atoms with Gasteiger partial charge >= 0.3 is 23.9 Å². The van der Waals surface area contributed by atoms with E-state index in [-0.39, 0.29) is 43.1 Å². The van der Waals surface area contributed by atoms with Crippen LogP contribution in [-0.2, 0) is 72.0 Å². The van der Waals surface area contributed by atoms with E-state index >= 15 is 0 Å². The van der Waals surface area contributed by atoms with E-state index in [4.69, 9.17) is 47.4 Å². The summed E-state index contributed by atoms with van der Waals surface area (Å²) in [5, 5.41) is 0. The van der Waals surface area contributed by atoms with Gasteiger partial charge in [-0.05, 0) is 65.2 Å². The summed E-state index contributed by atoms with van der Waals surface area (Å²) in [5.41, 5.74) is 2.10. The SMILES string of the molecule is CC(=O)OC[C@H]1O[C@H](OC[C@H]2O[C@@H](Sc3ccccc3)[C@H](OC(=O)c3ccccc3)[C@@H](OC(=O)c3ccccc3)[C@@H]2OC(=O)c2ccccc2)[C@H](OCc2ccccc2)[C@@H](OCc2ccccc2)[C@@H]1OCc1ccccc1. The highest BCUT2D eigenvalue weighted by molar-refractivity contribution is 7.99. The molecule has 0 amide bonds. The monoisotopic (exact) mass is 1060 g/mol. The molecule has 2 fully saturated rings. The van der Waals surface area contributed by atoms with Crippen LogP contribution in [0.1, 0.15) is 54.7 Å². The van der Waals surface area contributed by atoms with Crippen LogP contribution in [-0.4, -0.2) is 97.6 Å². The van der Waals surface area contributed by atoms with Gasteiger partial charge in [-0.2, -0.15) is 0 Å². The zero-order valence-corrected chi connectivity index (χ0v) is 43.0. The molecule has 2 saturated heterocycles. The number of benzene rings is 7. The van der Waals surface area contributed by atoms with Crippen molar-refractivity contribution in [1.82, 2.24) is 0 Å². The molecular formula is C62H58O14S. The Bertz CT molecular complexity index is 2920. The van der Waals surface area contributed by atoms with E-state index in [0.29, 0.717) is 0 Å². The number of hydrogen-bond acceptors (Lipinski definition) is 15. The lowest BCUT2D eigenvalue weighted by atomic mass is 9.97. The minimum absolute atomic E-state index is 0.0962. The molecule has 77 heavy (non-hydrogen) atoms. The number of ether oxygens (including phenoxy) is 10. The van der Waals surface area contributed by atoms with Crippen LogP contribution in [0.4, 0.5) is 0 Å². The number of carbonyl (C=O) groups is 4. The molecular weight excluding hydrogens is 1000 g/mol. The van der Waals surface area contributed by atoms with Gasteiger partial charge in [0, 0.05) is 11.8 Å². The second kappa shape index (κ2) is 27.5. The maximum atomic E-state index is 14.4. The van der Waals surface area contributed by atoms with E-state index in [1.165, 1.54) is 18.7 Å². The Labute approximate surface area is 451 Å². The first kappa shape index (κ1) is 54.3. The topological polar surface area (TPSA) is 161 Å². The van der Waals surface area contributed by atoms with Crippen molar-refractivity contribution in [3.05, 3.63) is 246 Å². The van der Waals surface area contributed by atoms with Crippen LogP contribution >= 0.6 is 11.8 Å². The third-order valence-electron chi connectivity index (χ3n) is 12.7. The van der Waals surface area contributed by atoms with Gasteiger partial charge < -0.3 is 47.4 Å². The Balaban J connectivity index is 1.12. The quantitative estimate of drug-likeness (QED) is 0.0466. The third-order valence-corrected chi connectivity index (χ3v) is 13.8. The van der Waals surface area contributed by atoms with Crippen molar-refractivity contribution in [2.45, 2.75) is 92.2 Å². The van der Waals surface area contributed by atoms with Crippen molar-refractivity contribution >= 4 is 35.6 Å². The Hall–Kier alpha value is -7.47. The smallest absolute Gasteiger partial charge is 0.338 e. The van der Waals surface area contributed by atoms with E-state index in [2.05, 4.69) is 0 Å². The van der Waals surface area contributed by atoms with Gasteiger partial charge in [0.05, 0.1) is 43.1 Å². The number of rotatable bonds is 22. The fraction of sp³-hybridized carbons (Fsp3) is 0.258. The summed E-state index contributed by atoms with van der Waals surface area (Å²) < 4.78 is 66.0. The average molecular weight is 1060 g/mol.